The SMILES string of the molecule is O=C(O)CCCNc1ncc(-c2cc[nH]c2)cn1. The summed E-state index contributed by atoms with van der Waals surface area (Å²) in [5.41, 5.74) is 1.97. The Morgan fingerprint density at radius 1 is 1.33 bits per heavy atom. The fourth-order valence-corrected chi connectivity index (χ4v) is 1.51. The van der Waals surface area contributed by atoms with E-state index in [2.05, 4.69) is 20.3 Å². The summed E-state index contributed by atoms with van der Waals surface area (Å²) in [7, 11) is 0. The van der Waals surface area contributed by atoms with Crippen LogP contribution in [0.3, 0.4) is 0 Å². The standard InChI is InChI=1S/C12H14N4O2/c17-11(18)2-1-4-14-12-15-7-10(8-16-12)9-3-5-13-6-9/h3,5-8,13H,1-2,4H2,(H,17,18)(H,14,15,16). The van der Waals surface area contributed by atoms with Crippen molar-refractivity contribution in [1.29, 1.82) is 0 Å². The molecule has 0 amide bonds. The number of carboxylic acids is 1. The number of nitrogens with zero attached hydrogens (tertiary/aromatic N) is 2. The van der Waals surface area contributed by atoms with Crippen LogP contribution in [0.5, 0.6) is 0 Å². The maximum Gasteiger partial charge on any atom is 0.303 e. The third-order valence-electron chi connectivity index (χ3n) is 2.43. The van der Waals surface area contributed by atoms with Crippen LogP contribution < -0.4 is 5.32 Å². The lowest BCUT2D eigenvalue weighted by Crippen LogP contribution is -2.07. The second kappa shape index (κ2) is 5.81. The Hall–Kier alpha value is -2.37. The van der Waals surface area contributed by atoms with Gasteiger partial charge in [-0.2, -0.15) is 0 Å². The summed E-state index contributed by atoms with van der Waals surface area (Å²) in [4.78, 5) is 21.6. The van der Waals surface area contributed by atoms with E-state index in [1.165, 1.54) is 0 Å². The zero-order valence-electron chi connectivity index (χ0n) is 9.76. The predicted octanol–water partition coefficient (Wildman–Crippen LogP) is 1.75. The van der Waals surface area contributed by atoms with E-state index in [-0.39, 0.29) is 6.42 Å². The second-order valence-electron chi connectivity index (χ2n) is 3.82. The largest absolute Gasteiger partial charge is 0.481 e. The van der Waals surface area contributed by atoms with Gasteiger partial charge in [0.1, 0.15) is 0 Å². The minimum atomic E-state index is -0.791. The van der Waals surface area contributed by atoms with Crippen molar-refractivity contribution in [3.05, 3.63) is 30.9 Å². The molecule has 0 aliphatic heterocycles. The molecule has 0 aliphatic carbocycles. The highest BCUT2D eigenvalue weighted by Crippen LogP contribution is 2.16. The van der Waals surface area contributed by atoms with Gasteiger partial charge in [0, 0.05) is 48.9 Å². The minimum absolute atomic E-state index is 0.147. The Bertz CT molecular complexity index is 493. The highest BCUT2D eigenvalue weighted by molar-refractivity contribution is 5.66. The summed E-state index contributed by atoms with van der Waals surface area (Å²) in [5, 5.41) is 11.5. The van der Waals surface area contributed by atoms with Crippen molar-refractivity contribution in [2.24, 2.45) is 0 Å². The van der Waals surface area contributed by atoms with Gasteiger partial charge in [0.2, 0.25) is 5.95 Å². The summed E-state index contributed by atoms with van der Waals surface area (Å²) in [6.07, 6.45) is 7.88. The van der Waals surface area contributed by atoms with Crippen LogP contribution in [0.25, 0.3) is 11.1 Å². The summed E-state index contributed by atoms with van der Waals surface area (Å²) < 4.78 is 0. The van der Waals surface area contributed by atoms with Gasteiger partial charge >= 0.3 is 5.97 Å². The number of anilines is 1. The summed E-state index contributed by atoms with van der Waals surface area (Å²) in [6, 6.07) is 1.94. The molecule has 2 aromatic heterocycles. The van der Waals surface area contributed by atoms with Crippen molar-refractivity contribution >= 4 is 11.9 Å². The summed E-state index contributed by atoms with van der Waals surface area (Å²) in [5.74, 6) is -0.278. The normalized spacial score (nSPS) is 10.2. The molecule has 2 aromatic rings. The average Bonchev–Trinajstić information content (AvgIpc) is 2.89. The van der Waals surface area contributed by atoms with Gasteiger partial charge in [0.15, 0.2) is 0 Å². The first-order valence-electron chi connectivity index (χ1n) is 5.66. The van der Waals surface area contributed by atoms with E-state index in [0.717, 1.165) is 11.1 Å². The van der Waals surface area contributed by atoms with Crippen molar-refractivity contribution in [3.63, 3.8) is 0 Å². The lowest BCUT2D eigenvalue weighted by atomic mass is 10.2. The van der Waals surface area contributed by atoms with Crippen molar-refractivity contribution in [2.75, 3.05) is 11.9 Å². The predicted molar refractivity (Wildman–Crippen MR) is 67.2 cm³/mol. The number of carboxylic acid groups (broad SMARTS) is 1. The fraction of sp³-hybridized carbons (Fsp3) is 0.250. The molecule has 0 atom stereocenters. The van der Waals surface area contributed by atoms with Crippen molar-refractivity contribution < 1.29 is 9.90 Å². The molecule has 3 N–H and O–H groups in total. The number of hydrogen-bond donors (Lipinski definition) is 3. The van der Waals surface area contributed by atoms with E-state index in [0.29, 0.717) is 18.9 Å². The van der Waals surface area contributed by atoms with Gasteiger partial charge in [-0.1, -0.05) is 0 Å². The number of nitrogens with one attached hydrogen (secondary N) is 2. The first kappa shape index (κ1) is 12.1. The third kappa shape index (κ3) is 3.31. The fourth-order valence-electron chi connectivity index (χ4n) is 1.51. The van der Waals surface area contributed by atoms with Gasteiger partial charge in [-0.05, 0) is 12.5 Å². The van der Waals surface area contributed by atoms with E-state index in [1.807, 2.05) is 18.5 Å². The smallest absolute Gasteiger partial charge is 0.303 e. The molecular weight excluding hydrogens is 232 g/mol. The van der Waals surface area contributed by atoms with Gasteiger partial charge in [0.05, 0.1) is 0 Å². The Kier molecular flexibility index (Phi) is 3.90. The number of hydrogen-bond acceptors (Lipinski definition) is 4. The highest BCUT2D eigenvalue weighted by Gasteiger charge is 2.01. The van der Waals surface area contributed by atoms with Crippen LogP contribution >= 0.6 is 0 Å². The molecule has 0 spiro atoms. The zero-order valence-corrected chi connectivity index (χ0v) is 9.76. The van der Waals surface area contributed by atoms with E-state index < -0.39 is 5.97 Å². The third-order valence-corrected chi connectivity index (χ3v) is 2.43. The van der Waals surface area contributed by atoms with Crippen molar-refractivity contribution in [3.8, 4) is 11.1 Å². The van der Waals surface area contributed by atoms with Gasteiger partial charge in [-0.15, -0.1) is 0 Å². The molecule has 0 radical (unpaired) electrons. The van der Waals surface area contributed by atoms with Crippen LogP contribution in [0.4, 0.5) is 5.95 Å². The molecule has 0 aliphatic rings. The molecule has 6 nitrogen and oxygen atoms in total. The Labute approximate surface area is 104 Å². The molecule has 18 heavy (non-hydrogen) atoms. The Morgan fingerprint density at radius 2 is 2.11 bits per heavy atom. The number of aromatic amines is 1. The van der Waals surface area contributed by atoms with E-state index in [1.54, 1.807) is 12.4 Å². The molecule has 2 heterocycles. The highest BCUT2D eigenvalue weighted by atomic mass is 16.4. The first-order valence-corrected chi connectivity index (χ1v) is 5.66. The second-order valence-corrected chi connectivity index (χ2v) is 3.82. The molecule has 0 saturated carbocycles. The molecule has 0 fully saturated rings. The quantitative estimate of drug-likeness (QED) is 0.675. The van der Waals surface area contributed by atoms with E-state index in [9.17, 15) is 4.79 Å². The monoisotopic (exact) mass is 246 g/mol. The molecule has 0 bridgehead atoms. The van der Waals surface area contributed by atoms with Crippen LogP contribution in [0.15, 0.2) is 30.9 Å². The van der Waals surface area contributed by atoms with Crippen LogP contribution in [0.2, 0.25) is 0 Å². The zero-order chi connectivity index (χ0) is 12.8. The Morgan fingerprint density at radius 3 is 2.72 bits per heavy atom. The van der Waals surface area contributed by atoms with E-state index >= 15 is 0 Å². The number of aromatic nitrogens is 3. The van der Waals surface area contributed by atoms with Crippen LogP contribution in [0, 0.1) is 0 Å². The average molecular weight is 246 g/mol. The number of H-pyrrole nitrogens is 1. The van der Waals surface area contributed by atoms with Gasteiger partial charge < -0.3 is 15.4 Å². The van der Waals surface area contributed by atoms with Crippen molar-refractivity contribution in [1.82, 2.24) is 15.0 Å². The lowest BCUT2D eigenvalue weighted by molar-refractivity contribution is -0.137. The summed E-state index contributed by atoms with van der Waals surface area (Å²) in [6.45, 7) is 0.551. The maximum atomic E-state index is 10.3. The first-order chi connectivity index (χ1) is 8.75. The Balaban J connectivity index is 1.86. The lowest BCUT2D eigenvalue weighted by Gasteiger charge is -2.03. The summed E-state index contributed by atoms with van der Waals surface area (Å²) >= 11 is 0. The van der Waals surface area contributed by atoms with Crippen LogP contribution in [-0.4, -0.2) is 32.6 Å². The van der Waals surface area contributed by atoms with Crippen LogP contribution in [-0.2, 0) is 4.79 Å². The van der Waals surface area contributed by atoms with Crippen molar-refractivity contribution in [2.45, 2.75) is 12.8 Å². The number of aliphatic carboxylic acids is 1. The molecule has 0 unspecified atom stereocenters. The number of carbonyl (C=O) groups is 1. The molecule has 2 rings (SSSR count). The maximum absolute atomic E-state index is 10.3. The molecule has 94 valence electrons. The number of rotatable bonds is 6. The molecule has 6 heteroatoms. The molecular formula is C12H14N4O2. The molecule has 0 saturated heterocycles. The van der Waals surface area contributed by atoms with Gasteiger partial charge in [-0.3, -0.25) is 4.79 Å². The van der Waals surface area contributed by atoms with Gasteiger partial charge in [0.25, 0.3) is 0 Å². The minimum Gasteiger partial charge on any atom is -0.481 e. The van der Waals surface area contributed by atoms with Crippen LogP contribution in [0.1, 0.15) is 12.8 Å². The van der Waals surface area contributed by atoms with E-state index in [4.69, 9.17) is 5.11 Å². The van der Waals surface area contributed by atoms with Gasteiger partial charge in [-0.25, -0.2) is 9.97 Å². The molecule has 0 aromatic carbocycles. The topological polar surface area (TPSA) is 90.9 Å².